The van der Waals surface area contributed by atoms with E-state index < -0.39 is 31.9 Å². The van der Waals surface area contributed by atoms with Crippen LogP contribution in [-0.4, -0.2) is 23.2 Å². The Balaban J connectivity index is 2.66. The van der Waals surface area contributed by atoms with E-state index in [4.69, 9.17) is 46.4 Å². The summed E-state index contributed by atoms with van der Waals surface area (Å²) in [7, 11) is -5.16. The van der Waals surface area contributed by atoms with Crippen molar-refractivity contribution in [1.82, 2.24) is 0 Å². The molecule has 3 rings (SSSR count). The summed E-state index contributed by atoms with van der Waals surface area (Å²) in [6, 6.07) is 11.7. The summed E-state index contributed by atoms with van der Waals surface area (Å²) in [5.41, 5.74) is -0.857. The van der Waals surface area contributed by atoms with Gasteiger partial charge in [-0.15, -0.1) is 0 Å². The molecule has 1 atom stereocenters. The highest BCUT2D eigenvalue weighted by Crippen LogP contribution is 2.53. The quantitative estimate of drug-likeness (QED) is 0.239. The van der Waals surface area contributed by atoms with Gasteiger partial charge in [0.2, 0.25) is 0 Å². The number of rotatable bonds is 4. The zero-order chi connectivity index (χ0) is 21.6. The zero-order valence-electron chi connectivity index (χ0n) is 14.3. The molecule has 0 fully saturated rings. The van der Waals surface area contributed by atoms with Crippen molar-refractivity contribution in [3.63, 3.8) is 0 Å². The lowest BCUT2D eigenvalue weighted by atomic mass is 9.83. The van der Waals surface area contributed by atoms with E-state index >= 15 is 0 Å². The summed E-state index contributed by atoms with van der Waals surface area (Å²) >= 11 is 24.5. The van der Waals surface area contributed by atoms with E-state index in [0.717, 1.165) is 12.1 Å². The minimum absolute atomic E-state index is 0.0398. The average molecular weight is 494 g/mol. The number of hydrogen-bond donors (Lipinski definition) is 3. The van der Waals surface area contributed by atoms with Crippen molar-refractivity contribution in [2.75, 3.05) is 0 Å². The van der Waals surface area contributed by atoms with Crippen molar-refractivity contribution in [2.45, 2.75) is 4.75 Å². The summed E-state index contributed by atoms with van der Waals surface area (Å²) in [5.74, 6) is -1.21. The standard InChI is InChI=1S/C19H12Cl4O5S/c20-12-5-2-1-4-11(12)19(29(26,27)28,17-15(24)6-3-7-16(17)25)10-8-13(21)18(23)14(22)9-10/h1-9,24-25H,(H,26,27,28). The summed E-state index contributed by atoms with van der Waals surface area (Å²) < 4.78 is 33.9. The third kappa shape index (κ3) is 3.54. The van der Waals surface area contributed by atoms with Crippen LogP contribution < -0.4 is 0 Å². The van der Waals surface area contributed by atoms with E-state index in [1.165, 1.54) is 36.4 Å². The van der Waals surface area contributed by atoms with Crippen LogP contribution in [0.3, 0.4) is 0 Å². The van der Waals surface area contributed by atoms with Crippen molar-refractivity contribution in [3.05, 3.63) is 91.4 Å². The minimum atomic E-state index is -5.16. The van der Waals surface area contributed by atoms with E-state index in [1.54, 1.807) is 6.07 Å². The predicted octanol–water partition coefficient (Wildman–Crippen LogP) is 5.89. The first kappa shape index (κ1) is 22.0. The molecule has 3 N–H and O–H groups in total. The molecule has 0 radical (unpaired) electrons. The lowest BCUT2D eigenvalue weighted by Crippen LogP contribution is -2.38. The molecule has 0 aromatic heterocycles. The normalized spacial score (nSPS) is 13.8. The first-order valence-electron chi connectivity index (χ1n) is 7.90. The van der Waals surface area contributed by atoms with E-state index in [1.807, 2.05) is 0 Å². The molecule has 0 aliphatic heterocycles. The van der Waals surface area contributed by atoms with E-state index in [0.29, 0.717) is 0 Å². The molecule has 0 heterocycles. The van der Waals surface area contributed by atoms with Crippen LogP contribution >= 0.6 is 46.4 Å². The molecule has 0 amide bonds. The SMILES string of the molecule is O=S(=O)(O)C(c1cc(Cl)c(Cl)c(Cl)c1)(c1ccccc1Cl)c1c(O)cccc1O. The molecule has 152 valence electrons. The maximum absolute atomic E-state index is 13.0. The van der Waals surface area contributed by atoms with Crippen molar-refractivity contribution < 1.29 is 23.2 Å². The van der Waals surface area contributed by atoms with Crippen LogP contribution in [0.15, 0.2) is 54.6 Å². The fraction of sp³-hybridized carbons (Fsp3) is 0.0526. The summed E-state index contributed by atoms with van der Waals surface area (Å²) in [6.45, 7) is 0. The van der Waals surface area contributed by atoms with E-state index in [9.17, 15) is 23.2 Å². The van der Waals surface area contributed by atoms with Crippen LogP contribution in [0.25, 0.3) is 0 Å². The molecular formula is C19H12Cl4O5S. The van der Waals surface area contributed by atoms with Crippen molar-refractivity contribution in [3.8, 4) is 11.5 Å². The number of benzene rings is 3. The molecule has 3 aromatic carbocycles. The number of aromatic hydroxyl groups is 2. The number of hydrogen-bond acceptors (Lipinski definition) is 4. The molecule has 10 heteroatoms. The van der Waals surface area contributed by atoms with Crippen LogP contribution in [-0.2, 0) is 14.9 Å². The van der Waals surface area contributed by atoms with Gasteiger partial charge in [0.05, 0.1) is 20.6 Å². The van der Waals surface area contributed by atoms with Gasteiger partial charge in [-0.3, -0.25) is 4.55 Å². The molecular weight excluding hydrogens is 482 g/mol. The van der Waals surface area contributed by atoms with Gasteiger partial charge in [0.1, 0.15) is 11.5 Å². The maximum Gasteiger partial charge on any atom is 0.283 e. The van der Waals surface area contributed by atoms with Crippen molar-refractivity contribution in [1.29, 1.82) is 0 Å². The zero-order valence-corrected chi connectivity index (χ0v) is 18.1. The van der Waals surface area contributed by atoms with E-state index in [-0.39, 0.29) is 31.2 Å². The smallest absolute Gasteiger partial charge is 0.283 e. The summed E-state index contributed by atoms with van der Waals surface area (Å²) in [6.07, 6.45) is 0. The Bertz CT molecular complexity index is 1170. The first-order chi connectivity index (χ1) is 13.5. The number of phenolic OH excluding ortho intramolecular Hbond substituents is 2. The highest BCUT2D eigenvalue weighted by molar-refractivity contribution is 7.87. The fourth-order valence-electron chi connectivity index (χ4n) is 3.25. The Kier molecular flexibility index (Phi) is 5.98. The predicted molar refractivity (Wildman–Crippen MR) is 114 cm³/mol. The Hall–Kier alpha value is -1.67. The third-order valence-corrected chi connectivity index (χ3v) is 7.36. The Labute approximate surface area is 186 Å². The second-order valence-electron chi connectivity index (χ2n) is 6.06. The second kappa shape index (κ2) is 7.87. The maximum atomic E-state index is 13.0. The van der Waals surface area contributed by atoms with Gasteiger partial charge in [-0.05, 0) is 35.9 Å². The number of halogens is 4. The van der Waals surface area contributed by atoms with Gasteiger partial charge in [-0.1, -0.05) is 70.7 Å². The first-order valence-corrected chi connectivity index (χ1v) is 10.9. The highest BCUT2D eigenvalue weighted by Gasteiger charge is 2.53. The second-order valence-corrected chi connectivity index (χ2v) is 9.22. The van der Waals surface area contributed by atoms with Gasteiger partial charge in [-0.2, -0.15) is 8.42 Å². The van der Waals surface area contributed by atoms with Crippen molar-refractivity contribution in [2.24, 2.45) is 0 Å². The molecule has 5 nitrogen and oxygen atoms in total. The van der Waals surface area contributed by atoms with Gasteiger partial charge >= 0.3 is 0 Å². The van der Waals surface area contributed by atoms with Crippen LogP contribution in [0, 0.1) is 0 Å². The summed E-state index contributed by atoms with van der Waals surface area (Å²) in [5, 5.41) is 20.7. The Morgan fingerprint density at radius 2 is 1.28 bits per heavy atom. The lowest BCUT2D eigenvalue weighted by Gasteiger charge is -2.34. The summed E-state index contributed by atoms with van der Waals surface area (Å²) in [4.78, 5) is 0. The van der Waals surface area contributed by atoms with Crippen LogP contribution in [0.2, 0.25) is 20.1 Å². The van der Waals surface area contributed by atoms with Crippen LogP contribution in [0.4, 0.5) is 0 Å². The van der Waals surface area contributed by atoms with Gasteiger partial charge in [0, 0.05) is 10.6 Å². The van der Waals surface area contributed by atoms with Crippen molar-refractivity contribution >= 4 is 56.5 Å². The molecule has 0 aliphatic carbocycles. The molecule has 0 spiro atoms. The topological polar surface area (TPSA) is 94.8 Å². The van der Waals surface area contributed by atoms with Gasteiger partial charge < -0.3 is 10.2 Å². The lowest BCUT2D eigenvalue weighted by molar-refractivity contribution is 0.416. The molecule has 0 aliphatic rings. The molecule has 29 heavy (non-hydrogen) atoms. The molecule has 0 saturated carbocycles. The monoisotopic (exact) mass is 492 g/mol. The fourth-order valence-corrected chi connectivity index (χ4v) is 5.51. The van der Waals surface area contributed by atoms with Crippen LogP contribution in [0.5, 0.6) is 11.5 Å². The largest absolute Gasteiger partial charge is 0.507 e. The number of phenols is 2. The Morgan fingerprint density at radius 1 is 0.759 bits per heavy atom. The van der Waals surface area contributed by atoms with Gasteiger partial charge in [-0.25, -0.2) is 0 Å². The van der Waals surface area contributed by atoms with Crippen LogP contribution in [0.1, 0.15) is 16.7 Å². The molecule has 1 unspecified atom stereocenters. The van der Waals surface area contributed by atoms with E-state index in [2.05, 4.69) is 0 Å². The molecule has 0 bridgehead atoms. The third-order valence-electron chi connectivity index (χ3n) is 4.40. The Morgan fingerprint density at radius 3 is 1.76 bits per heavy atom. The van der Waals surface area contributed by atoms with Gasteiger partial charge in [0.25, 0.3) is 10.1 Å². The average Bonchev–Trinajstić information content (AvgIpc) is 2.62. The minimum Gasteiger partial charge on any atom is -0.507 e. The highest BCUT2D eigenvalue weighted by atomic mass is 35.5. The molecule has 0 saturated heterocycles. The van der Waals surface area contributed by atoms with Gasteiger partial charge in [0.15, 0.2) is 4.75 Å². The molecule has 3 aromatic rings.